The number of hydrogen-bond acceptors (Lipinski definition) is 0. The van der Waals surface area contributed by atoms with Crippen molar-refractivity contribution < 1.29 is 0 Å². The molecule has 0 heteroatoms. The summed E-state index contributed by atoms with van der Waals surface area (Å²) in [6, 6.07) is 8.89. The van der Waals surface area contributed by atoms with Gasteiger partial charge in [-0.1, -0.05) is 38.1 Å². The molecule has 0 heterocycles. The first-order chi connectivity index (χ1) is 5.79. The highest BCUT2D eigenvalue weighted by atomic mass is 14.2. The Morgan fingerprint density at radius 1 is 0.917 bits per heavy atom. The van der Waals surface area contributed by atoms with Crippen molar-refractivity contribution in [3.63, 3.8) is 0 Å². The van der Waals surface area contributed by atoms with Gasteiger partial charge in [0.2, 0.25) is 0 Å². The molecule has 0 unspecified atom stereocenters. The second-order valence-corrected chi connectivity index (χ2v) is 4.01. The van der Waals surface area contributed by atoms with Gasteiger partial charge >= 0.3 is 0 Å². The van der Waals surface area contributed by atoms with Crippen LogP contribution in [0.1, 0.15) is 49.7 Å². The van der Waals surface area contributed by atoms with Crippen LogP contribution in [-0.2, 0) is 0 Å². The lowest BCUT2D eigenvalue weighted by Gasteiger charge is -2.27. The minimum Gasteiger partial charge on any atom is -0.0620 e. The van der Waals surface area contributed by atoms with Crippen LogP contribution in [0.3, 0.4) is 0 Å². The molecule has 0 N–H and O–H groups in total. The number of rotatable bonds is 0. The molecule has 12 heavy (non-hydrogen) atoms. The van der Waals surface area contributed by atoms with Crippen LogP contribution in [-0.4, -0.2) is 0 Å². The van der Waals surface area contributed by atoms with E-state index in [1.54, 1.807) is 11.1 Å². The molecule has 0 aliphatic heterocycles. The molecule has 64 valence electrons. The van der Waals surface area contributed by atoms with E-state index in [-0.39, 0.29) is 0 Å². The van der Waals surface area contributed by atoms with E-state index in [9.17, 15) is 0 Å². The first-order valence-electron chi connectivity index (χ1n) is 4.88. The summed E-state index contributed by atoms with van der Waals surface area (Å²) in [6.07, 6.45) is 2.72. The Bertz CT molecular complexity index is 246. The Hall–Kier alpha value is -0.780. The Balaban J connectivity index is 2.47. The topological polar surface area (TPSA) is 0 Å². The third kappa shape index (κ3) is 1.16. The first-order valence-corrected chi connectivity index (χ1v) is 4.88. The summed E-state index contributed by atoms with van der Waals surface area (Å²) >= 11 is 0. The Labute approximate surface area is 74.6 Å². The SMILES string of the molecule is C[C@@H]1CC[C@H](C)c2ccccc21. The minimum atomic E-state index is 0.775. The number of benzene rings is 1. The van der Waals surface area contributed by atoms with Gasteiger partial charge in [0.05, 0.1) is 0 Å². The fraction of sp³-hybridized carbons (Fsp3) is 0.500. The lowest BCUT2D eigenvalue weighted by atomic mass is 9.78. The second-order valence-electron chi connectivity index (χ2n) is 4.01. The summed E-state index contributed by atoms with van der Waals surface area (Å²) in [7, 11) is 0. The van der Waals surface area contributed by atoms with E-state index >= 15 is 0 Å². The molecule has 1 aromatic rings. The van der Waals surface area contributed by atoms with Gasteiger partial charge < -0.3 is 0 Å². The van der Waals surface area contributed by atoms with Gasteiger partial charge in [-0.3, -0.25) is 0 Å². The molecule has 0 radical (unpaired) electrons. The van der Waals surface area contributed by atoms with Gasteiger partial charge in [-0.15, -0.1) is 0 Å². The molecule has 0 aromatic heterocycles. The second kappa shape index (κ2) is 2.93. The molecule has 1 aliphatic rings. The quantitative estimate of drug-likeness (QED) is 0.543. The van der Waals surface area contributed by atoms with Crippen molar-refractivity contribution in [3.05, 3.63) is 35.4 Å². The van der Waals surface area contributed by atoms with Gasteiger partial charge in [0.1, 0.15) is 0 Å². The third-order valence-electron chi connectivity index (χ3n) is 3.09. The summed E-state index contributed by atoms with van der Waals surface area (Å²) in [5.41, 5.74) is 3.16. The van der Waals surface area contributed by atoms with Gasteiger partial charge in [-0.05, 0) is 35.8 Å². The van der Waals surface area contributed by atoms with Crippen molar-refractivity contribution in [1.29, 1.82) is 0 Å². The van der Waals surface area contributed by atoms with E-state index in [1.165, 1.54) is 12.8 Å². The number of hydrogen-bond donors (Lipinski definition) is 0. The van der Waals surface area contributed by atoms with Crippen LogP contribution < -0.4 is 0 Å². The minimum absolute atomic E-state index is 0.775. The molecule has 0 bridgehead atoms. The molecule has 0 saturated heterocycles. The van der Waals surface area contributed by atoms with Gasteiger partial charge in [0, 0.05) is 0 Å². The highest BCUT2D eigenvalue weighted by Crippen LogP contribution is 2.37. The summed E-state index contributed by atoms with van der Waals surface area (Å²) in [5.74, 6) is 1.55. The maximum Gasteiger partial charge on any atom is -0.0187 e. The fourth-order valence-corrected chi connectivity index (χ4v) is 2.22. The highest BCUT2D eigenvalue weighted by Gasteiger charge is 2.20. The summed E-state index contributed by atoms with van der Waals surface area (Å²) in [5, 5.41) is 0. The molecule has 1 aliphatic carbocycles. The van der Waals surface area contributed by atoms with Crippen molar-refractivity contribution in [2.45, 2.75) is 38.5 Å². The smallest absolute Gasteiger partial charge is 0.0187 e. The van der Waals surface area contributed by atoms with Crippen molar-refractivity contribution >= 4 is 0 Å². The van der Waals surface area contributed by atoms with Crippen molar-refractivity contribution in [2.75, 3.05) is 0 Å². The predicted octanol–water partition coefficient (Wildman–Crippen LogP) is 3.69. The van der Waals surface area contributed by atoms with Gasteiger partial charge in [0.15, 0.2) is 0 Å². The standard InChI is InChI=1S/C12H16/c1-9-7-8-10(2)12-6-4-3-5-11(9)12/h3-6,9-10H,7-8H2,1-2H3/t9-,10+. The Morgan fingerprint density at radius 3 is 1.75 bits per heavy atom. The van der Waals surface area contributed by atoms with Crippen molar-refractivity contribution in [1.82, 2.24) is 0 Å². The van der Waals surface area contributed by atoms with Gasteiger partial charge in [-0.2, -0.15) is 0 Å². The summed E-state index contributed by atoms with van der Waals surface area (Å²) in [6.45, 7) is 4.68. The molecular formula is C12H16. The zero-order valence-corrected chi connectivity index (χ0v) is 7.88. The Kier molecular flexibility index (Phi) is 1.92. The normalized spacial score (nSPS) is 28.2. The molecule has 0 spiro atoms. The van der Waals surface area contributed by atoms with E-state index in [0.717, 1.165) is 11.8 Å². The molecule has 2 atom stereocenters. The van der Waals surface area contributed by atoms with Crippen molar-refractivity contribution in [2.24, 2.45) is 0 Å². The monoisotopic (exact) mass is 160 g/mol. The third-order valence-corrected chi connectivity index (χ3v) is 3.09. The molecule has 2 rings (SSSR count). The molecule has 0 fully saturated rings. The highest BCUT2D eigenvalue weighted by molar-refractivity contribution is 5.34. The summed E-state index contributed by atoms with van der Waals surface area (Å²) < 4.78 is 0. The maximum atomic E-state index is 2.34. The molecule has 1 aromatic carbocycles. The Morgan fingerprint density at radius 2 is 1.33 bits per heavy atom. The van der Waals surface area contributed by atoms with Crippen LogP contribution in [0, 0.1) is 0 Å². The van der Waals surface area contributed by atoms with Crippen LogP contribution in [0.5, 0.6) is 0 Å². The van der Waals surface area contributed by atoms with Crippen LogP contribution in [0.25, 0.3) is 0 Å². The number of fused-ring (bicyclic) bond motifs is 1. The van der Waals surface area contributed by atoms with E-state index in [1.807, 2.05) is 0 Å². The van der Waals surface area contributed by atoms with E-state index < -0.39 is 0 Å². The first kappa shape index (κ1) is 7.85. The largest absolute Gasteiger partial charge is 0.0620 e. The van der Waals surface area contributed by atoms with Crippen LogP contribution >= 0.6 is 0 Å². The van der Waals surface area contributed by atoms with E-state index in [0.29, 0.717) is 0 Å². The zero-order chi connectivity index (χ0) is 8.55. The van der Waals surface area contributed by atoms with Gasteiger partial charge in [0.25, 0.3) is 0 Å². The molecule has 0 amide bonds. The summed E-state index contributed by atoms with van der Waals surface area (Å²) in [4.78, 5) is 0. The maximum absolute atomic E-state index is 2.34. The van der Waals surface area contributed by atoms with Crippen LogP contribution in [0.2, 0.25) is 0 Å². The van der Waals surface area contributed by atoms with Crippen molar-refractivity contribution in [3.8, 4) is 0 Å². The fourth-order valence-electron chi connectivity index (χ4n) is 2.22. The predicted molar refractivity (Wildman–Crippen MR) is 52.5 cm³/mol. The average Bonchev–Trinajstić information content (AvgIpc) is 2.12. The van der Waals surface area contributed by atoms with Crippen LogP contribution in [0.4, 0.5) is 0 Å². The lowest BCUT2D eigenvalue weighted by molar-refractivity contribution is 0.527. The lowest BCUT2D eigenvalue weighted by Crippen LogP contribution is -2.09. The zero-order valence-electron chi connectivity index (χ0n) is 7.88. The molecule has 0 saturated carbocycles. The van der Waals surface area contributed by atoms with E-state index in [2.05, 4.69) is 38.1 Å². The average molecular weight is 160 g/mol. The van der Waals surface area contributed by atoms with E-state index in [4.69, 9.17) is 0 Å². The van der Waals surface area contributed by atoms with Crippen LogP contribution in [0.15, 0.2) is 24.3 Å². The molecule has 0 nitrogen and oxygen atoms in total. The van der Waals surface area contributed by atoms with Gasteiger partial charge in [-0.25, -0.2) is 0 Å². The molecular weight excluding hydrogens is 144 g/mol.